The van der Waals surface area contributed by atoms with Crippen LogP contribution in [0.15, 0.2) is 48.5 Å². The summed E-state index contributed by atoms with van der Waals surface area (Å²) in [5.74, 6) is 0. The second kappa shape index (κ2) is 16.1. The van der Waals surface area contributed by atoms with Gasteiger partial charge < -0.3 is 12.4 Å². The molecule has 0 heterocycles. The van der Waals surface area contributed by atoms with Crippen LogP contribution in [0.5, 0.6) is 0 Å². The van der Waals surface area contributed by atoms with E-state index in [1.54, 1.807) is 0 Å². The molecule has 2 aromatic rings. The van der Waals surface area contributed by atoms with Crippen molar-refractivity contribution in [3.8, 4) is 0 Å². The monoisotopic (exact) mass is 342 g/mol. The molecule has 2 radical (unpaired) electrons. The Kier molecular flexibility index (Phi) is 21.1. The average Bonchev–Trinajstić information content (AvgIpc) is 2.81. The minimum Gasteiger partial charge on any atom is -1.00 e. The van der Waals surface area contributed by atoms with Crippen LogP contribution in [0, 0.1) is 13.8 Å². The van der Waals surface area contributed by atoms with E-state index in [0.29, 0.717) is 0 Å². The van der Waals surface area contributed by atoms with E-state index in [2.05, 4.69) is 51.2 Å². The summed E-state index contributed by atoms with van der Waals surface area (Å²) >= 11 is 0. The molecule has 0 aliphatic rings. The van der Waals surface area contributed by atoms with E-state index in [1.807, 2.05) is 24.3 Å². The SMILES string of the molecule is C[SiH]C.Cc1cc[cH-]c1.Cc1cc[cH-]c1.[Cl-].[Zr+3]. The summed E-state index contributed by atoms with van der Waals surface area (Å²) in [6.45, 7) is 8.58. The van der Waals surface area contributed by atoms with E-state index in [-0.39, 0.29) is 38.6 Å². The van der Waals surface area contributed by atoms with Gasteiger partial charge in [0.15, 0.2) is 0 Å². The van der Waals surface area contributed by atoms with Crippen LogP contribution in [-0.2, 0) is 26.2 Å². The number of halogens is 1. The van der Waals surface area contributed by atoms with Gasteiger partial charge in [-0.05, 0) is 0 Å². The van der Waals surface area contributed by atoms with Crippen LogP contribution in [0.25, 0.3) is 0 Å². The zero-order chi connectivity index (χ0) is 11.5. The van der Waals surface area contributed by atoms with E-state index in [4.69, 9.17) is 0 Å². The molecular formula is C14H21ClSiZr. The van der Waals surface area contributed by atoms with Crippen LogP contribution in [-0.4, -0.2) is 9.52 Å². The van der Waals surface area contributed by atoms with Gasteiger partial charge in [0.2, 0.25) is 0 Å². The Morgan fingerprint density at radius 1 is 0.882 bits per heavy atom. The third-order valence-corrected chi connectivity index (χ3v) is 1.66. The molecule has 0 atom stereocenters. The largest absolute Gasteiger partial charge is 3.00 e. The molecule has 0 saturated carbocycles. The summed E-state index contributed by atoms with van der Waals surface area (Å²) < 4.78 is 0. The van der Waals surface area contributed by atoms with Gasteiger partial charge in [-0.25, -0.2) is 23.3 Å². The van der Waals surface area contributed by atoms with Crippen LogP contribution in [0.3, 0.4) is 0 Å². The molecule has 0 N–H and O–H groups in total. The van der Waals surface area contributed by atoms with Gasteiger partial charge in [-0.15, -0.1) is 0 Å². The Labute approximate surface area is 134 Å². The van der Waals surface area contributed by atoms with Gasteiger partial charge in [-0.3, -0.25) is 0 Å². The Bertz CT molecular complexity index is 269. The molecule has 0 unspecified atom stereocenters. The molecule has 0 fully saturated rings. The molecule has 17 heavy (non-hydrogen) atoms. The Morgan fingerprint density at radius 3 is 1.24 bits per heavy atom. The number of hydrogen-bond acceptors (Lipinski definition) is 0. The van der Waals surface area contributed by atoms with Crippen molar-refractivity contribution in [2.45, 2.75) is 26.9 Å². The van der Waals surface area contributed by atoms with Gasteiger partial charge in [0, 0.05) is 9.52 Å². The smallest absolute Gasteiger partial charge is 1.00 e. The molecule has 0 aliphatic heterocycles. The van der Waals surface area contributed by atoms with E-state index in [1.165, 1.54) is 11.1 Å². The van der Waals surface area contributed by atoms with Gasteiger partial charge in [0.1, 0.15) is 0 Å². The molecule has 0 amide bonds. The van der Waals surface area contributed by atoms with Crippen LogP contribution >= 0.6 is 0 Å². The third-order valence-electron chi connectivity index (χ3n) is 1.66. The summed E-state index contributed by atoms with van der Waals surface area (Å²) in [5, 5.41) is 0. The van der Waals surface area contributed by atoms with Crippen LogP contribution in [0.1, 0.15) is 11.1 Å². The molecule has 0 saturated heterocycles. The first-order valence-electron chi connectivity index (χ1n) is 5.31. The van der Waals surface area contributed by atoms with E-state index in [9.17, 15) is 0 Å². The molecule has 3 heteroatoms. The fourth-order valence-electron chi connectivity index (χ4n) is 0.940. The van der Waals surface area contributed by atoms with Gasteiger partial charge >= 0.3 is 26.2 Å². The fourth-order valence-corrected chi connectivity index (χ4v) is 0.940. The van der Waals surface area contributed by atoms with Crippen molar-refractivity contribution in [1.82, 2.24) is 0 Å². The summed E-state index contributed by atoms with van der Waals surface area (Å²) in [4.78, 5) is 0. The predicted octanol–water partition coefficient (Wildman–Crippen LogP) is 0.948. The molecule has 0 aromatic heterocycles. The maximum absolute atomic E-state index is 2.21. The van der Waals surface area contributed by atoms with E-state index in [0.717, 1.165) is 9.52 Å². The molecular weight excluding hydrogens is 323 g/mol. The standard InChI is InChI=1S/2C6H7.C2H7Si.ClH.Zr/c2*1-6-4-2-3-5-6;1-3-2;;/h2*2-5H,1H3;3H,1-2H3;1H;/q2*-1;;;+3/p-1. The van der Waals surface area contributed by atoms with Crippen LogP contribution < -0.4 is 12.4 Å². The zero-order valence-corrected chi connectivity index (χ0v) is 15.4. The van der Waals surface area contributed by atoms with Crippen molar-refractivity contribution in [1.29, 1.82) is 0 Å². The first kappa shape index (κ1) is 22.3. The number of rotatable bonds is 0. The molecule has 0 aliphatic carbocycles. The van der Waals surface area contributed by atoms with Crippen LogP contribution in [0.4, 0.5) is 0 Å². The number of aryl methyl sites for hydroxylation is 2. The first-order chi connectivity index (χ1) is 7.20. The van der Waals surface area contributed by atoms with E-state index < -0.39 is 0 Å². The third kappa shape index (κ3) is 16.1. The minimum absolute atomic E-state index is 0. The van der Waals surface area contributed by atoms with Gasteiger partial charge in [-0.1, -0.05) is 26.9 Å². The maximum Gasteiger partial charge on any atom is 3.00 e. The number of hydrogen-bond donors (Lipinski definition) is 0. The van der Waals surface area contributed by atoms with Crippen molar-refractivity contribution in [3.63, 3.8) is 0 Å². The molecule has 92 valence electrons. The summed E-state index contributed by atoms with van der Waals surface area (Å²) in [6, 6.07) is 16.5. The molecule has 2 aromatic carbocycles. The summed E-state index contributed by atoms with van der Waals surface area (Å²) in [6.07, 6.45) is 0. The summed E-state index contributed by atoms with van der Waals surface area (Å²) in [7, 11) is 0.750. The molecule has 0 bridgehead atoms. The van der Waals surface area contributed by atoms with E-state index >= 15 is 0 Å². The predicted molar refractivity (Wildman–Crippen MR) is 72.4 cm³/mol. The molecule has 0 spiro atoms. The molecule has 2 rings (SSSR count). The second-order valence-corrected chi connectivity index (χ2v) is 4.66. The van der Waals surface area contributed by atoms with Crippen molar-refractivity contribution >= 4 is 9.52 Å². The zero-order valence-electron chi connectivity index (χ0n) is 11.1. The van der Waals surface area contributed by atoms with Gasteiger partial charge in [0.05, 0.1) is 0 Å². The van der Waals surface area contributed by atoms with Crippen molar-refractivity contribution in [2.75, 3.05) is 0 Å². The normalized spacial score (nSPS) is 7.29. The average molecular weight is 344 g/mol. The Morgan fingerprint density at radius 2 is 1.18 bits per heavy atom. The van der Waals surface area contributed by atoms with Crippen LogP contribution in [0.2, 0.25) is 13.1 Å². The topological polar surface area (TPSA) is 0 Å². The van der Waals surface area contributed by atoms with Crippen molar-refractivity contribution in [2.24, 2.45) is 0 Å². The Hall–Kier alpha value is 0.0900. The first-order valence-corrected chi connectivity index (χ1v) is 7.62. The quantitative estimate of drug-likeness (QED) is 0.493. The van der Waals surface area contributed by atoms with Gasteiger partial charge in [0.25, 0.3) is 0 Å². The van der Waals surface area contributed by atoms with Crippen molar-refractivity contribution < 1.29 is 38.6 Å². The fraction of sp³-hybridized carbons (Fsp3) is 0.286. The minimum atomic E-state index is 0. The Balaban J connectivity index is -0.000000173. The second-order valence-electron chi connectivity index (χ2n) is 3.50. The molecule has 0 nitrogen and oxygen atoms in total. The summed E-state index contributed by atoms with van der Waals surface area (Å²) in [5.41, 5.74) is 2.69. The van der Waals surface area contributed by atoms with Gasteiger partial charge in [-0.2, -0.15) is 36.4 Å². The maximum atomic E-state index is 2.21. The van der Waals surface area contributed by atoms with Crippen molar-refractivity contribution in [3.05, 3.63) is 59.7 Å².